The maximum atomic E-state index is 11.1. The van der Waals surface area contributed by atoms with Gasteiger partial charge in [0.2, 0.25) is 0 Å². The van der Waals surface area contributed by atoms with Gasteiger partial charge >= 0.3 is 5.97 Å². The number of carbonyl (C=O) groups excluding carboxylic acids is 1. The first-order chi connectivity index (χ1) is 7.83. The van der Waals surface area contributed by atoms with E-state index in [0.29, 0.717) is 13.0 Å². The molecule has 0 aliphatic carbocycles. The molecule has 1 saturated heterocycles. The van der Waals surface area contributed by atoms with E-state index in [1.807, 2.05) is 6.92 Å². The lowest BCUT2D eigenvalue weighted by atomic mass is 9.95. The van der Waals surface area contributed by atoms with E-state index in [-0.39, 0.29) is 5.97 Å². The molecule has 1 rings (SSSR count). The lowest BCUT2D eigenvalue weighted by molar-refractivity contribution is -0.143. The fraction of sp³-hybridized carbons (Fsp3) is 0.923. The van der Waals surface area contributed by atoms with Crippen molar-refractivity contribution in [3.63, 3.8) is 0 Å². The van der Waals surface area contributed by atoms with Gasteiger partial charge in [0.25, 0.3) is 0 Å². The van der Waals surface area contributed by atoms with Crippen molar-refractivity contribution < 1.29 is 14.3 Å². The Morgan fingerprint density at radius 2 is 2.25 bits per heavy atom. The minimum atomic E-state index is -0.0523. The number of hydrogen-bond acceptors (Lipinski definition) is 3. The van der Waals surface area contributed by atoms with Crippen LogP contribution in [-0.2, 0) is 14.3 Å². The van der Waals surface area contributed by atoms with Crippen LogP contribution >= 0.6 is 0 Å². The molecular weight excluding hydrogens is 204 g/mol. The zero-order valence-electron chi connectivity index (χ0n) is 10.4. The molecular formula is C13H24O3. The van der Waals surface area contributed by atoms with Gasteiger partial charge in [-0.25, -0.2) is 0 Å². The largest absolute Gasteiger partial charge is 0.466 e. The number of hydrogen-bond donors (Lipinski definition) is 0. The molecule has 1 fully saturated rings. The van der Waals surface area contributed by atoms with Gasteiger partial charge in [-0.3, -0.25) is 4.79 Å². The molecule has 3 heteroatoms. The SMILES string of the molecule is CCOC(=O)CCCCCC1CCCOC1. The summed E-state index contributed by atoms with van der Waals surface area (Å²) in [6.45, 7) is 4.23. The molecule has 1 atom stereocenters. The van der Waals surface area contributed by atoms with E-state index in [1.54, 1.807) is 0 Å². The van der Waals surface area contributed by atoms with Gasteiger partial charge in [0.1, 0.15) is 0 Å². The van der Waals surface area contributed by atoms with E-state index in [1.165, 1.54) is 25.7 Å². The highest BCUT2D eigenvalue weighted by molar-refractivity contribution is 5.69. The van der Waals surface area contributed by atoms with Crippen LogP contribution in [-0.4, -0.2) is 25.8 Å². The van der Waals surface area contributed by atoms with Crippen molar-refractivity contribution in [2.75, 3.05) is 19.8 Å². The first-order valence-corrected chi connectivity index (χ1v) is 6.56. The van der Waals surface area contributed by atoms with Crippen molar-refractivity contribution in [2.45, 2.75) is 51.9 Å². The molecule has 0 aromatic heterocycles. The van der Waals surface area contributed by atoms with Crippen molar-refractivity contribution in [2.24, 2.45) is 5.92 Å². The van der Waals surface area contributed by atoms with Crippen LogP contribution in [0.2, 0.25) is 0 Å². The van der Waals surface area contributed by atoms with E-state index in [9.17, 15) is 4.79 Å². The molecule has 3 nitrogen and oxygen atoms in total. The number of rotatable bonds is 7. The van der Waals surface area contributed by atoms with Crippen LogP contribution in [0.5, 0.6) is 0 Å². The molecule has 1 aliphatic rings. The van der Waals surface area contributed by atoms with Crippen molar-refractivity contribution >= 4 is 5.97 Å². The highest BCUT2D eigenvalue weighted by Crippen LogP contribution is 2.20. The molecule has 0 aromatic carbocycles. The van der Waals surface area contributed by atoms with Gasteiger partial charge in [0, 0.05) is 19.6 Å². The summed E-state index contributed by atoms with van der Waals surface area (Å²) in [5.74, 6) is 0.708. The maximum Gasteiger partial charge on any atom is 0.305 e. The van der Waals surface area contributed by atoms with Gasteiger partial charge in [-0.05, 0) is 38.5 Å². The second-order valence-corrected chi connectivity index (χ2v) is 4.49. The summed E-state index contributed by atoms with van der Waals surface area (Å²) < 4.78 is 10.3. The molecule has 94 valence electrons. The quantitative estimate of drug-likeness (QED) is 0.496. The van der Waals surface area contributed by atoms with Gasteiger partial charge in [-0.2, -0.15) is 0 Å². The van der Waals surface area contributed by atoms with Gasteiger partial charge in [-0.1, -0.05) is 12.8 Å². The smallest absolute Gasteiger partial charge is 0.305 e. The molecule has 0 aromatic rings. The average molecular weight is 228 g/mol. The third-order valence-electron chi connectivity index (χ3n) is 3.05. The molecule has 0 spiro atoms. The third kappa shape index (κ3) is 6.11. The minimum absolute atomic E-state index is 0.0523. The first kappa shape index (κ1) is 13.5. The summed E-state index contributed by atoms with van der Waals surface area (Å²) in [6.07, 6.45) is 7.68. The maximum absolute atomic E-state index is 11.1. The van der Waals surface area contributed by atoms with Crippen molar-refractivity contribution in [1.29, 1.82) is 0 Å². The Hall–Kier alpha value is -0.570. The molecule has 1 aliphatic heterocycles. The third-order valence-corrected chi connectivity index (χ3v) is 3.05. The van der Waals surface area contributed by atoms with Crippen molar-refractivity contribution in [1.82, 2.24) is 0 Å². The van der Waals surface area contributed by atoms with Crippen LogP contribution in [0.3, 0.4) is 0 Å². The van der Waals surface area contributed by atoms with Gasteiger partial charge in [-0.15, -0.1) is 0 Å². The lowest BCUT2D eigenvalue weighted by Gasteiger charge is -2.21. The standard InChI is InChI=1S/C13H24O3/c1-2-16-13(14)9-5-3-4-7-12-8-6-10-15-11-12/h12H,2-11H2,1H3. The summed E-state index contributed by atoms with van der Waals surface area (Å²) in [4.78, 5) is 11.1. The molecule has 1 heterocycles. The monoisotopic (exact) mass is 228 g/mol. The van der Waals surface area contributed by atoms with Crippen molar-refractivity contribution in [3.05, 3.63) is 0 Å². The van der Waals surface area contributed by atoms with Crippen LogP contribution < -0.4 is 0 Å². The van der Waals surface area contributed by atoms with Gasteiger partial charge < -0.3 is 9.47 Å². The normalized spacial score (nSPS) is 20.7. The Labute approximate surface area is 98.5 Å². The van der Waals surface area contributed by atoms with E-state index in [2.05, 4.69) is 0 Å². The fourth-order valence-corrected chi connectivity index (χ4v) is 2.15. The molecule has 0 radical (unpaired) electrons. The van der Waals surface area contributed by atoms with Gasteiger partial charge in [0.05, 0.1) is 6.61 Å². The minimum Gasteiger partial charge on any atom is -0.466 e. The second-order valence-electron chi connectivity index (χ2n) is 4.49. The van der Waals surface area contributed by atoms with E-state index in [0.717, 1.165) is 32.0 Å². The summed E-state index contributed by atoms with van der Waals surface area (Å²) in [6, 6.07) is 0. The summed E-state index contributed by atoms with van der Waals surface area (Å²) >= 11 is 0. The molecule has 0 saturated carbocycles. The van der Waals surface area contributed by atoms with Crippen LogP contribution in [0, 0.1) is 5.92 Å². The molecule has 16 heavy (non-hydrogen) atoms. The lowest BCUT2D eigenvalue weighted by Crippen LogP contribution is -2.16. The summed E-state index contributed by atoms with van der Waals surface area (Å²) in [5.41, 5.74) is 0. The fourth-order valence-electron chi connectivity index (χ4n) is 2.15. The van der Waals surface area contributed by atoms with E-state index in [4.69, 9.17) is 9.47 Å². The predicted octanol–water partition coefficient (Wildman–Crippen LogP) is 2.93. The highest BCUT2D eigenvalue weighted by Gasteiger charge is 2.13. The van der Waals surface area contributed by atoms with Crippen LogP contribution in [0.1, 0.15) is 51.9 Å². The average Bonchev–Trinajstić information content (AvgIpc) is 2.30. The Morgan fingerprint density at radius 3 is 2.94 bits per heavy atom. The number of carbonyl (C=O) groups is 1. The van der Waals surface area contributed by atoms with Crippen molar-refractivity contribution in [3.8, 4) is 0 Å². The number of unbranched alkanes of at least 4 members (excludes halogenated alkanes) is 2. The number of esters is 1. The molecule has 0 amide bonds. The number of ether oxygens (including phenoxy) is 2. The Kier molecular flexibility index (Phi) is 7.23. The van der Waals surface area contributed by atoms with E-state index < -0.39 is 0 Å². The van der Waals surface area contributed by atoms with E-state index >= 15 is 0 Å². The molecule has 1 unspecified atom stereocenters. The Balaban J connectivity index is 1.89. The summed E-state index contributed by atoms with van der Waals surface area (Å²) in [7, 11) is 0. The summed E-state index contributed by atoms with van der Waals surface area (Å²) in [5, 5.41) is 0. The molecule has 0 N–H and O–H groups in total. The first-order valence-electron chi connectivity index (χ1n) is 6.56. The zero-order chi connectivity index (χ0) is 11.6. The Bertz CT molecular complexity index is 186. The molecule has 0 bridgehead atoms. The second kappa shape index (κ2) is 8.57. The van der Waals surface area contributed by atoms with Gasteiger partial charge in [0.15, 0.2) is 0 Å². The topological polar surface area (TPSA) is 35.5 Å². The van der Waals surface area contributed by atoms with Crippen LogP contribution in [0.4, 0.5) is 0 Å². The predicted molar refractivity (Wildman–Crippen MR) is 63.3 cm³/mol. The van der Waals surface area contributed by atoms with Crippen LogP contribution in [0.15, 0.2) is 0 Å². The highest BCUT2D eigenvalue weighted by atomic mass is 16.5. The Morgan fingerprint density at radius 1 is 1.38 bits per heavy atom. The van der Waals surface area contributed by atoms with Crippen LogP contribution in [0.25, 0.3) is 0 Å². The zero-order valence-corrected chi connectivity index (χ0v) is 10.4.